The van der Waals surface area contributed by atoms with Gasteiger partial charge in [-0.25, -0.2) is 4.79 Å². The van der Waals surface area contributed by atoms with Gasteiger partial charge in [-0.1, -0.05) is 45.4 Å². The van der Waals surface area contributed by atoms with Crippen molar-refractivity contribution in [2.24, 2.45) is 0 Å². The number of nitrogens with zero attached hydrogens (tertiary/aromatic N) is 2. The second-order valence-electron chi connectivity index (χ2n) is 8.03. The molecule has 0 bridgehead atoms. The fraction of sp³-hybridized carbons (Fsp3) is 0.296. The molecule has 0 aliphatic carbocycles. The zero-order valence-corrected chi connectivity index (χ0v) is 29.2. The van der Waals surface area contributed by atoms with Crippen LogP contribution >= 0.6 is 0 Å². The number of piperazine rings is 1. The van der Waals surface area contributed by atoms with E-state index < -0.39 is 6.09 Å². The molecule has 1 fully saturated rings. The van der Waals surface area contributed by atoms with Gasteiger partial charge in [-0.2, -0.15) is 5.69 Å². The fourth-order valence-electron chi connectivity index (χ4n) is 4.25. The molecule has 175 valence electrons. The normalized spacial score (nSPS) is 12.5. The van der Waals surface area contributed by atoms with Crippen LogP contribution < -0.4 is 19.9 Å². The van der Waals surface area contributed by atoms with E-state index in [0.29, 0.717) is 11.4 Å². The second-order valence-corrected chi connectivity index (χ2v) is 8.03. The molecule has 0 spiro atoms. The number of amides is 1. The molecule has 1 aliphatic heterocycles. The van der Waals surface area contributed by atoms with E-state index in [0.717, 1.165) is 43.9 Å². The van der Waals surface area contributed by atoms with E-state index in [1.54, 1.807) is 12.1 Å². The topological polar surface area (TPSA) is 44.8 Å². The average Bonchev–Trinajstić information content (AvgIpc) is 2.80. The first kappa shape index (κ1) is 32.9. The second kappa shape index (κ2) is 15.9. The number of benzene rings is 3. The summed E-state index contributed by atoms with van der Waals surface area (Å²) in [5.74, 6) is 0.518. The third-order valence-electron chi connectivity index (χ3n) is 5.74. The van der Waals surface area contributed by atoms with E-state index in [1.165, 1.54) is 16.8 Å². The van der Waals surface area contributed by atoms with E-state index in [-0.39, 0.29) is 98.1 Å². The number of carbonyl (C=O) groups is 1. The minimum absolute atomic E-state index is 0. The van der Waals surface area contributed by atoms with E-state index in [1.807, 2.05) is 42.5 Å². The van der Waals surface area contributed by atoms with Crippen molar-refractivity contribution in [2.45, 2.75) is 27.2 Å². The Balaban J connectivity index is 0.00000204. The number of nitrogens with one attached hydrogen (secondary N) is 1. The summed E-state index contributed by atoms with van der Waals surface area (Å²) in [7, 11) is 0. The summed E-state index contributed by atoms with van der Waals surface area (Å²) in [6, 6.07) is 23.9. The van der Waals surface area contributed by atoms with Crippen LogP contribution in [0.15, 0.2) is 54.6 Å². The van der Waals surface area contributed by atoms with Gasteiger partial charge in [0.25, 0.3) is 0 Å². The molecule has 1 heterocycles. The molecule has 3 aromatic rings. The van der Waals surface area contributed by atoms with Crippen molar-refractivity contribution in [1.29, 1.82) is 0 Å². The monoisotopic (exact) mass is 694 g/mol. The van der Waals surface area contributed by atoms with Gasteiger partial charge < -0.3 is 26.7 Å². The molecule has 4 rings (SSSR count). The van der Waals surface area contributed by atoms with Crippen LogP contribution in [0.3, 0.4) is 0 Å². The Labute approximate surface area is 284 Å². The molecule has 1 amide bonds. The van der Waals surface area contributed by atoms with Crippen LogP contribution in [0, 0.1) is 26.0 Å². The standard InChI is InChI=1S/C27H29N3O2.3Y/c1-4-22-19-20(2)18-21(3)26(22)30-16-14-29(15-17-30)24-12-10-23(11-13-24)28-27(31)32-25-8-6-5-7-9-25;;;/h5-13H,4,14-17H2,1-3H3,(H,28,31);;;/q-2;;;. The van der Waals surface area contributed by atoms with Crippen LogP contribution in [0.1, 0.15) is 23.6 Å². The van der Waals surface area contributed by atoms with Crippen molar-refractivity contribution in [3.05, 3.63) is 83.4 Å². The summed E-state index contributed by atoms with van der Waals surface area (Å²) in [6.45, 7) is 10.2. The molecule has 0 saturated carbocycles. The number of anilines is 3. The summed E-state index contributed by atoms with van der Waals surface area (Å²) < 4.78 is 5.28. The molecule has 8 heteroatoms. The number of rotatable bonds is 5. The Hall–Kier alpha value is -0.158. The third kappa shape index (κ3) is 8.97. The van der Waals surface area contributed by atoms with Gasteiger partial charge in [0.1, 0.15) is 5.75 Å². The maximum absolute atomic E-state index is 12.1. The van der Waals surface area contributed by atoms with Crippen molar-refractivity contribution < 1.29 is 108 Å². The molecular weight excluding hydrogens is 665 g/mol. The molecule has 1 aliphatic rings. The Bertz CT molecular complexity index is 1070. The van der Waals surface area contributed by atoms with Gasteiger partial charge in [-0.05, 0) is 36.4 Å². The molecule has 1 saturated heterocycles. The van der Waals surface area contributed by atoms with Gasteiger partial charge in [0.2, 0.25) is 0 Å². The fourth-order valence-corrected chi connectivity index (χ4v) is 4.25. The first-order valence-electron chi connectivity index (χ1n) is 11.1. The number of aryl methyl sites for hydroxylation is 3. The van der Waals surface area contributed by atoms with Gasteiger partial charge >= 0.3 is 6.09 Å². The maximum atomic E-state index is 12.1. The van der Waals surface area contributed by atoms with Crippen molar-refractivity contribution in [1.82, 2.24) is 0 Å². The Morgan fingerprint density at radius 2 is 1.49 bits per heavy atom. The van der Waals surface area contributed by atoms with Crippen LogP contribution in [0.25, 0.3) is 0 Å². The predicted octanol–water partition coefficient (Wildman–Crippen LogP) is 5.40. The summed E-state index contributed by atoms with van der Waals surface area (Å²) in [6.07, 6.45) is 0.485. The summed E-state index contributed by atoms with van der Waals surface area (Å²) in [4.78, 5) is 16.9. The molecular formula is C27H29N3O2Y3-2. The van der Waals surface area contributed by atoms with Crippen molar-refractivity contribution in [3.63, 3.8) is 0 Å². The van der Waals surface area contributed by atoms with E-state index in [9.17, 15) is 4.79 Å². The quantitative estimate of drug-likeness (QED) is 0.364. The van der Waals surface area contributed by atoms with Crippen LogP contribution in [-0.2, 0) is 105 Å². The van der Waals surface area contributed by atoms with Gasteiger partial charge in [-0.15, -0.1) is 0 Å². The molecule has 0 aromatic heterocycles. The largest absolute Gasteiger partial charge is 0.474 e. The molecule has 35 heavy (non-hydrogen) atoms. The number of para-hydroxylation sites is 1. The molecule has 3 radical (unpaired) electrons. The van der Waals surface area contributed by atoms with Crippen LogP contribution in [-0.4, -0.2) is 32.3 Å². The molecule has 0 unspecified atom stereocenters. The van der Waals surface area contributed by atoms with Gasteiger partial charge in [0.15, 0.2) is 0 Å². The van der Waals surface area contributed by atoms with Crippen LogP contribution in [0.4, 0.5) is 21.9 Å². The minimum Gasteiger partial charge on any atom is -0.474 e. The number of carbonyl (C=O) groups excluding carboxylic acids is 1. The summed E-state index contributed by atoms with van der Waals surface area (Å²) >= 11 is 0. The number of hydrogen-bond donors (Lipinski definition) is 1. The SMILES string of the molecule is CCc1[c-]c(C)[c-]c(C)c1N1CCN(c2ccc(NC(=O)Oc3ccccc3)cc2)CC1.[Y].[Y].[Y]. The Kier molecular flexibility index (Phi) is 15.0. The zero-order chi connectivity index (χ0) is 22.5. The van der Waals surface area contributed by atoms with Gasteiger partial charge in [0.05, 0.1) is 0 Å². The van der Waals surface area contributed by atoms with Crippen molar-refractivity contribution in [3.8, 4) is 5.75 Å². The average molecular weight is 694 g/mol. The van der Waals surface area contributed by atoms with E-state index in [4.69, 9.17) is 4.74 Å². The predicted molar refractivity (Wildman–Crippen MR) is 130 cm³/mol. The maximum Gasteiger partial charge on any atom is 0.417 e. The molecule has 0 atom stereocenters. The van der Waals surface area contributed by atoms with E-state index in [2.05, 4.69) is 48.0 Å². The van der Waals surface area contributed by atoms with E-state index >= 15 is 0 Å². The van der Waals surface area contributed by atoms with Crippen LogP contribution in [0.5, 0.6) is 5.75 Å². The van der Waals surface area contributed by atoms with Crippen LogP contribution in [0.2, 0.25) is 0 Å². The Morgan fingerprint density at radius 1 is 0.886 bits per heavy atom. The molecule has 1 N–H and O–H groups in total. The van der Waals surface area contributed by atoms with Gasteiger partial charge in [-0.3, -0.25) is 22.0 Å². The smallest absolute Gasteiger partial charge is 0.417 e. The molecule has 5 nitrogen and oxygen atoms in total. The first-order chi connectivity index (χ1) is 15.5. The minimum atomic E-state index is -0.494. The number of ether oxygens (including phenoxy) is 1. The van der Waals surface area contributed by atoms with Crippen molar-refractivity contribution in [2.75, 3.05) is 41.3 Å². The van der Waals surface area contributed by atoms with Crippen molar-refractivity contribution >= 4 is 23.2 Å². The summed E-state index contributed by atoms with van der Waals surface area (Å²) in [5, 5.41) is 2.78. The number of hydrogen-bond acceptors (Lipinski definition) is 4. The Morgan fingerprint density at radius 3 is 2.09 bits per heavy atom. The summed E-state index contributed by atoms with van der Waals surface area (Å²) in [5.41, 5.74) is 6.75. The first-order valence-corrected chi connectivity index (χ1v) is 11.1. The zero-order valence-electron chi connectivity index (χ0n) is 20.7. The third-order valence-corrected chi connectivity index (χ3v) is 5.74. The van der Waals surface area contributed by atoms with Gasteiger partial charge in [0, 0.05) is 136 Å². The molecule has 3 aromatic carbocycles.